The molecule has 1 amide bonds. The Labute approximate surface area is 199 Å². The van der Waals surface area contributed by atoms with Gasteiger partial charge in [-0.2, -0.15) is 5.10 Å². The zero-order chi connectivity index (χ0) is 24.7. The summed E-state index contributed by atoms with van der Waals surface area (Å²) in [4.78, 5) is 16.9. The van der Waals surface area contributed by atoms with Gasteiger partial charge in [0, 0.05) is 5.56 Å². The maximum Gasteiger partial charge on any atom is 0.256 e. The highest BCUT2D eigenvalue weighted by molar-refractivity contribution is 6.74. The van der Waals surface area contributed by atoms with Gasteiger partial charge in [0.05, 0.1) is 12.3 Å². The Kier molecular flexibility index (Phi) is 6.62. The minimum absolute atomic E-state index is 0.0765. The number of hydrogen-bond acceptors (Lipinski definition) is 7. The fourth-order valence-corrected chi connectivity index (χ4v) is 5.11. The van der Waals surface area contributed by atoms with E-state index in [1.165, 1.54) is 6.33 Å². The van der Waals surface area contributed by atoms with Crippen LogP contribution in [0.3, 0.4) is 0 Å². The van der Waals surface area contributed by atoms with Crippen LogP contribution in [-0.2, 0) is 9.16 Å². The number of aliphatic hydroxyl groups excluding tert-OH is 2. The summed E-state index contributed by atoms with van der Waals surface area (Å²) >= 11 is 0. The fourth-order valence-electron chi connectivity index (χ4n) is 3.81. The summed E-state index contributed by atoms with van der Waals surface area (Å²) in [6, 6.07) is 12.5. The highest BCUT2D eigenvalue weighted by atomic mass is 28.4. The molecule has 1 fully saturated rings. The number of fused-ring (bicyclic) bond motifs is 1. The standard InChI is InChI=1S/C24H32N4O5Si/c1-24(2,3)34(4,5)33-21-19(30)18(13-29)32-20(21)16-11-12-17-22(25-14-26-28(16)17)27-23(31)15-9-7-6-8-10-15/h6-12,14,18-21,29-30H,13H2,1-5H3,(H,25,26,27,31)/t18-,19-,20+,21-/m1/s1. The monoisotopic (exact) mass is 484 g/mol. The van der Waals surface area contributed by atoms with E-state index in [-0.39, 0.29) is 17.6 Å². The Morgan fingerprint density at radius 1 is 1.21 bits per heavy atom. The molecule has 0 radical (unpaired) electrons. The first-order valence-electron chi connectivity index (χ1n) is 11.3. The molecule has 0 spiro atoms. The number of benzene rings is 1. The van der Waals surface area contributed by atoms with E-state index >= 15 is 0 Å². The molecule has 3 heterocycles. The van der Waals surface area contributed by atoms with Crippen LogP contribution in [-0.4, -0.2) is 64.0 Å². The molecule has 4 rings (SSSR count). The van der Waals surface area contributed by atoms with Crippen molar-refractivity contribution >= 4 is 25.6 Å². The second kappa shape index (κ2) is 9.20. The molecule has 1 aromatic carbocycles. The molecule has 1 aliphatic rings. The number of ether oxygens (including phenoxy) is 1. The van der Waals surface area contributed by atoms with E-state index in [9.17, 15) is 15.0 Å². The maximum atomic E-state index is 12.7. The number of hydrogen-bond donors (Lipinski definition) is 3. The first-order valence-corrected chi connectivity index (χ1v) is 14.3. The van der Waals surface area contributed by atoms with Crippen LogP contribution in [0.25, 0.3) is 5.52 Å². The second-order valence-corrected chi connectivity index (χ2v) is 14.9. The second-order valence-electron chi connectivity index (χ2n) is 10.1. The molecular formula is C24H32N4O5Si. The van der Waals surface area contributed by atoms with Gasteiger partial charge >= 0.3 is 0 Å². The van der Waals surface area contributed by atoms with Crippen LogP contribution in [0.15, 0.2) is 48.8 Å². The summed E-state index contributed by atoms with van der Waals surface area (Å²) in [5.41, 5.74) is 1.74. The summed E-state index contributed by atoms with van der Waals surface area (Å²) in [5, 5.41) is 27.8. The topological polar surface area (TPSA) is 118 Å². The zero-order valence-electron chi connectivity index (χ0n) is 20.1. The van der Waals surface area contributed by atoms with E-state index in [1.807, 2.05) is 12.1 Å². The van der Waals surface area contributed by atoms with Crippen molar-refractivity contribution in [2.45, 2.75) is 63.3 Å². The number of amides is 1. The molecule has 0 bridgehead atoms. The molecule has 3 aromatic rings. The Morgan fingerprint density at radius 2 is 1.91 bits per heavy atom. The van der Waals surface area contributed by atoms with E-state index in [2.05, 4.69) is 49.3 Å². The van der Waals surface area contributed by atoms with Gasteiger partial charge < -0.3 is 24.7 Å². The van der Waals surface area contributed by atoms with Gasteiger partial charge in [-0.15, -0.1) is 0 Å². The molecule has 0 aliphatic carbocycles. The van der Waals surface area contributed by atoms with E-state index in [4.69, 9.17) is 9.16 Å². The largest absolute Gasteiger partial charge is 0.408 e. The predicted molar refractivity (Wildman–Crippen MR) is 130 cm³/mol. The molecule has 0 unspecified atom stereocenters. The van der Waals surface area contributed by atoms with Gasteiger partial charge in [0.2, 0.25) is 0 Å². The van der Waals surface area contributed by atoms with Gasteiger partial charge in [0.1, 0.15) is 36.3 Å². The number of aromatic nitrogens is 3. The summed E-state index contributed by atoms with van der Waals surface area (Å²) in [7, 11) is -2.27. The van der Waals surface area contributed by atoms with Crippen molar-refractivity contribution in [3.05, 3.63) is 60.0 Å². The highest BCUT2D eigenvalue weighted by Gasteiger charge is 2.50. The van der Waals surface area contributed by atoms with Crippen LogP contribution in [0.1, 0.15) is 42.9 Å². The number of nitrogens with zero attached hydrogens (tertiary/aromatic N) is 3. The van der Waals surface area contributed by atoms with Gasteiger partial charge in [-0.3, -0.25) is 4.79 Å². The van der Waals surface area contributed by atoms with Crippen LogP contribution in [0, 0.1) is 0 Å². The lowest BCUT2D eigenvalue weighted by atomic mass is 10.1. The molecule has 9 nitrogen and oxygen atoms in total. The molecular weight excluding hydrogens is 452 g/mol. The normalized spacial score (nSPS) is 23.4. The van der Waals surface area contributed by atoms with Crippen molar-refractivity contribution in [3.8, 4) is 0 Å². The third kappa shape index (κ3) is 4.51. The van der Waals surface area contributed by atoms with Crippen molar-refractivity contribution in [2.75, 3.05) is 11.9 Å². The smallest absolute Gasteiger partial charge is 0.256 e. The predicted octanol–water partition coefficient (Wildman–Crippen LogP) is 3.17. The number of anilines is 1. The number of carbonyl (C=O) groups excluding carboxylic acids is 1. The third-order valence-corrected chi connectivity index (χ3v) is 11.3. The van der Waals surface area contributed by atoms with Gasteiger partial charge in [0.15, 0.2) is 14.1 Å². The van der Waals surface area contributed by atoms with Gasteiger partial charge in [0.25, 0.3) is 5.91 Å². The fraction of sp³-hybridized carbons (Fsp3) is 0.458. The molecule has 2 aromatic heterocycles. The number of nitrogens with one attached hydrogen (secondary N) is 1. The summed E-state index contributed by atoms with van der Waals surface area (Å²) in [6.45, 7) is 10.3. The Hall–Kier alpha value is -2.63. The number of carbonyl (C=O) groups is 1. The molecule has 1 saturated heterocycles. The van der Waals surface area contributed by atoms with Crippen LogP contribution in [0.4, 0.5) is 5.82 Å². The molecule has 34 heavy (non-hydrogen) atoms. The molecule has 3 N–H and O–H groups in total. The Morgan fingerprint density at radius 3 is 2.56 bits per heavy atom. The summed E-state index contributed by atoms with van der Waals surface area (Å²) < 4.78 is 14.3. The van der Waals surface area contributed by atoms with Crippen LogP contribution < -0.4 is 5.32 Å². The summed E-state index contributed by atoms with van der Waals surface area (Å²) in [6.07, 6.45) is -1.74. The lowest BCUT2D eigenvalue weighted by molar-refractivity contribution is -0.0243. The Bertz CT molecular complexity index is 1160. The number of rotatable bonds is 6. The van der Waals surface area contributed by atoms with E-state index in [1.54, 1.807) is 34.8 Å². The van der Waals surface area contributed by atoms with Crippen molar-refractivity contribution in [1.82, 2.24) is 14.6 Å². The molecule has 10 heteroatoms. The van der Waals surface area contributed by atoms with Crippen molar-refractivity contribution in [1.29, 1.82) is 0 Å². The highest BCUT2D eigenvalue weighted by Crippen LogP contribution is 2.43. The molecule has 1 aliphatic heterocycles. The van der Waals surface area contributed by atoms with Crippen LogP contribution >= 0.6 is 0 Å². The average Bonchev–Trinajstić information content (AvgIpc) is 3.35. The first kappa shape index (κ1) is 24.5. The van der Waals surface area contributed by atoms with E-state index in [0.29, 0.717) is 22.6 Å². The van der Waals surface area contributed by atoms with Crippen LogP contribution in [0.5, 0.6) is 0 Å². The van der Waals surface area contributed by atoms with Crippen LogP contribution in [0.2, 0.25) is 18.1 Å². The average molecular weight is 485 g/mol. The number of aliphatic hydroxyl groups is 2. The van der Waals surface area contributed by atoms with Crippen molar-refractivity contribution < 1.29 is 24.2 Å². The van der Waals surface area contributed by atoms with E-state index < -0.39 is 32.7 Å². The van der Waals surface area contributed by atoms with Crippen molar-refractivity contribution in [3.63, 3.8) is 0 Å². The third-order valence-electron chi connectivity index (χ3n) is 6.79. The van der Waals surface area contributed by atoms with Gasteiger partial charge in [-0.1, -0.05) is 39.0 Å². The lowest BCUT2D eigenvalue weighted by Crippen LogP contribution is -2.48. The van der Waals surface area contributed by atoms with Crippen molar-refractivity contribution in [2.24, 2.45) is 0 Å². The molecule has 0 saturated carbocycles. The molecule has 182 valence electrons. The minimum atomic E-state index is -2.27. The maximum absolute atomic E-state index is 12.7. The Balaban J connectivity index is 1.68. The lowest BCUT2D eigenvalue weighted by Gasteiger charge is -2.40. The zero-order valence-corrected chi connectivity index (χ0v) is 21.1. The first-order chi connectivity index (χ1) is 16.0. The molecule has 4 atom stereocenters. The SMILES string of the molecule is CC(C)(C)[Si](C)(C)O[C@@H]1[C@H](O)[C@@H](CO)O[C@H]1c1ccc2c(NC(=O)c3ccccc3)ncnn12. The summed E-state index contributed by atoms with van der Waals surface area (Å²) in [5.74, 6) is 0.0743. The quantitative estimate of drug-likeness (QED) is 0.460. The van der Waals surface area contributed by atoms with E-state index in [0.717, 1.165) is 0 Å². The van der Waals surface area contributed by atoms with Gasteiger partial charge in [-0.25, -0.2) is 9.50 Å². The van der Waals surface area contributed by atoms with Gasteiger partial charge in [-0.05, 0) is 42.4 Å². The minimum Gasteiger partial charge on any atom is -0.408 e.